The molecule has 24 heavy (non-hydrogen) atoms. The van der Waals surface area contributed by atoms with Crippen molar-refractivity contribution in [3.63, 3.8) is 0 Å². The fourth-order valence-corrected chi connectivity index (χ4v) is 3.64. The summed E-state index contributed by atoms with van der Waals surface area (Å²) < 4.78 is 0. The molecule has 0 saturated heterocycles. The number of rotatable bonds is 2. The van der Waals surface area contributed by atoms with E-state index in [1.54, 1.807) is 0 Å². The number of benzene rings is 2. The Morgan fingerprint density at radius 3 is 2.21 bits per heavy atom. The fraction of sp³-hybridized carbons (Fsp3) is 0.235. The zero-order chi connectivity index (χ0) is 17.0. The van der Waals surface area contributed by atoms with Gasteiger partial charge in [-0.25, -0.2) is 0 Å². The molecule has 0 atom stereocenters. The van der Waals surface area contributed by atoms with Crippen LogP contribution in [0.2, 0.25) is 0 Å². The molecule has 1 aliphatic heterocycles. The number of carbonyl (C=O) groups excluding carboxylic acids is 1. The van der Waals surface area contributed by atoms with Crippen LogP contribution in [0.15, 0.2) is 46.2 Å². The molecule has 0 aliphatic carbocycles. The molecule has 3 rings (SSSR count). The summed E-state index contributed by atoms with van der Waals surface area (Å²) >= 11 is 1.84. The van der Waals surface area contributed by atoms with Gasteiger partial charge in [0.25, 0.3) is 0 Å². The first-order valence-corrected chi connectivity index (χ1v) is 7.99. The van der Waals surface area contributed by atoms with E-state index in [1.165, 1.54) is 26.9 Å². The summed E-state index contributed by atoms with van der Waals surface area (Å²) in [4.78, 5) is 15.5. The first kappa shape index (κ1) is 20.3. The Labute approximate surface area is 159 Å². The second-order valence-electron chi connectivity index (χ2n) is 5.26. The minimum absolute atomic E-state index is 0. The monoisotopic (exact) mass is 380 g/mol. The molecule has 0 spiro atoms. The second-order valence-corrected chi connectivity index (χ2v) is 6.34. The Hall–Kier alpha value is -1.76. The molecule has 0 fully saturated rings. The van der Waals surface area contributed by atoms with Gasteiger partial charge in [0.1, 0.15) is 0 Å². The Balaban J connectivity index is 0.000000671. The molecule has 2 aromatic carbocycles. The fourth-order valence-electron chi connectivity index (χ4n) is 2.42. The van der Waals surface area contributed by atoms with Crippen molar-refractivity contribution in [2.45, 2.75) is 9.79 Å². The molecule has 0 unspecified atom stereocenters. The largest absolute Gasteiger partial charge is 0.671 e. The number of amides is 1. The number of nitrogens with zero attached hydrogens (tertiary/aromatic N) is 2. The van der Waals surface area contributed by atoms with Crippen LogP contribution in [0.3, 0.4) is 0 Å². The van der Waals surface area contributed by atoms with Gasteiger partial charge in [0, 0.05) is 74.3 Å². The van der Waals surface area contributed by atoms with E-state index in [0.29, 0.717) is 0 Å². The third-order valence-corrected chi connectivity index (χ3v) is 4.74. The van der Waals surface area contributed by atoms with Crippen molar-refractivity contribution < 1.29 is 23.4 Å². The molecule has 1 heterocycles. The Bertz CT molecular complexity index is 709. The van der Waals surface area contributed by atoms with E-state index in [9.17, 15) is 0 Å². The van der Waals surface area contributed by atoms with Crippen molar-refractivity contribution in [1.29, 1.82) is 0 Å². The summed E-state index contributed by atoms with van der Waals surface area (Å²) in [6.45, 7) is 0. The second kappa shape index (κ2) is 8.92. The van der Waals surface area contributed by atoms with Crippen LogP contribution in [0.25, 0.3) is 5.73 Å². The van der Waals surface area contributed by atoms with E-state index in [-0.39, 0.29) is 25.0 Å². The van der Waals surface area contributed by atoms with Crippen LogP contribution in [0, 0.1) is 0 Å². The third kappa shape index (κ3) is 4.20. The molecule has 1 amide bonds. The zero-order valence-electron chi connectivity index (χ0n) is 14.2. The molecule has 0 aromatic heterocycles. The molecule has 127 valence electrons. The number of hydrogen-bond donors (Lipinski definition) is 1. The molecular formula is C17H21N4OSV-. The Morgan fingerprint density at radius 2 is 1.67 bits per heavy atom. The molecular weight excluding hydrogens is 359 g/mol. The van der Waals surface area contributed by atoms with E-state index < -0.39 is 0 Å². The normalized spacial score (nSPS) is 11.1. The summed E-state index contributed by atoms with van der Waals surface area (Å²) in [5.41, 5.74) is 10.4. The summed E-state index contributed by atoms with van der Waals surface area (Å²) in [5.74, 6) is 0. The number of carbonyl (C=O) groups is 1. The van der Waals surface area contributed by atoms with E-state index in [0.717, 1.165) is 5.69 Å². The maximum atomic E-state index is 8.47. The van der Waals surface area contributed by atoms with Crippen LogP contribution in [0.5, 0.6) is 0 Å². The van der Waals surface area contributed by atoms with Crippen LogP contribution in [0.1, 0.15) is 0 Å². The first-order chi connectivity index (χ1) is 11.0. The number of fused-ring (bicyclic) bond motifs is 2. The van der Waals surface area contributed by atoms with Gasteiger partial charge < -0.3 is 25.6 Å². The van der Waals surface area contributed by atoms with Crippen molar-refractivity contribution in [2.75, 3.05) is 43.3 Å². The summed E-state index contributed by atoms with van der Waals surface area (Å²) in [6, 6.07) is 13.1. The van der Waals surface area contributed by atoms with Gasteiger partial charge in [-0.2, -0.15) is 0 Å². The molecule has 2 N–H and O–H groups in total. The van der Waals surface area contributed by atoms with Gasteiger partial charge in [0.05, 0.1) is 11.4 Å². The minimum atomic E-state index is 0. The van der Waals surface area contributed by atoms with Crippen LogP contribution < -0.4 is 15.1 Å². The molecule has 2 aromatic rings. The molecule has 1 aliphatic rings. The Morgan fingerprint density at radius 1 is 1.12 bits per heavy atom. The number of anilines is 4. The van der Waals surface area contributed by atoms with Crippen LogP contribution in [0.4, 0.5) is 22.7 Å². The predicted octanol–water partition coefficient (Wildman–Crippen LogP) is 4.22. The molecule has 1 radical (unpaired) electrons. The van der Waals surface area contributed by atoms with Gasteiger partial charge in [-0.3, -0.25) is 0 Å². The molecule has 7 heteroatoms. The van der Waals surface area contributed by atoms with Gasteiger partial charge in [0.15, 0.2) is 0 Å². The van der Waals surface area contributed by atoms with Gasteiger partial charge in [-0.1, -0.05) is 11.8 Å². The molecule has 5 nitrogen and oxygen atoms in total. The Kier molecular flexibility index (Phi) is 7.54. The average Bonchev–Trinajstić information content (AvgIpc) is 2.54. The quantitative estimate of drug-likeness (QED) is 0.791. The third-order valence-electron chi connectivity index (χ3n) is 3.65. The topological polar surface area (TPSA) is 59.4 Å². The van der Waals surface area contributed by atoms with Crippen molar-refractivity contribution in [1.82, 2.24) is 0 Å². The van der Waals surface area contributed by atoms with Crippen molar-refractivity contribution in [3.05, 3.63) is 42.1 Å². The maximum absolute atomic E-state index is 8.47. The van der Waals surface area contributed by atoms with Gasteiger partial charge in [-0.15, -0.1) is 0 Å². The van der Waals surface area contributed by atoms with E-state index >= 15 is 0 Å². The van der Waals surface area contributed by atoms with Crippen LogP contribution in [-0.4, -0.2) is 34.6 Å². The van der Waals surface area contributed by atoms with Crippen molar-refractivity contribution in [2.24, 2.45) is 0 Å². The number of nitrogens with one attached hydrogen (secondary N) is 2. The van der Waals surface area contributed by atoms with E-state index in [4.69, 9.17) is 10.5 Å². The van der Waals surface area contributed by atoms with E-state index in [2.05, 4.69) is 72.7 Å². The predicted molar refractivity (Wildman–Crippen MR) is 99.3 cm³/mol. The summed E-state index contributed by atoms with van der Waals surface area (Å²) in [6.07, 6.45) is 0. The number of hydrogen-bond acceptors (Lipinski definition) is 5. The maximum Gasteiger partial charge on any atom is 0.0551 e. The molecule has 0 saturated carbocycles. The van der Waals surface area contributed by atoms with Gasteiger partial charge in [-0.05, 0) is 36.4 Å². The standard InChI is InChI=1S/C16H19N3S.CH3NO.V/c1-17-11-5-7-13-15(9-11)20-16-10-12(18(2)3)6-8-14(16)19(13)4;2-1-3;/h5-10,17H,1-4H3;1H,(H2,2,3);/p-1. The first-order valence-electron chi connectivity index (χ1n) is 7.17. The van der Waals surface area contributed by atoms with Crippen LogP contribution >= 0.6 is 11.8 Å². The zero-order valence-corrected chi connectivity index (χ0v) is 16.4. The molecule has 0 bridgehead atoms. The minimum Gasteiger partial charge on any atom is -0.671 e. The van der Waals surface area contributed by atoms with Gasteiger partial charge >= 0.3 is 0 Å². The SMILES string of the molecule is CNc1ccc2c(c1)Sc1cc(N(C)C)ccc1N2C.[NH-]C=O.[V]. The van der Waals surface area contributed by atoms with E-state index in [1.807, 2.05) is 18.8 Å². The van der Waals surface area contributed by atoms with Crippen molar-refractivity contribution in [3.8, 4) is 0 Å². The smallest absolute Gasteiger partial charge is 0.0551 e. The summed E-state index contributed by atoms with van der Waals surface area (Å²) in [7, 11) is 8.24. The average molecular weight is 380 g/mol. The van der Waals surface area contributed by atoms with Gasteiger partial charge in [0.2, 0.25) is 0 Å². The summed E-state index contributed by atoms with van der Waals surface area (Å²) in [5, 5.41) is 3.21. The van der Waals surface area contributed by atoms with Crippen LogP contribution in [-0.2, 0) is 23.4 Å². The van der Waals surface area contributed by atoms with Crippen molar-refractivity contribution >= 4 is 40.9 Å².